The molecule has 0 bridgehead atoms. The molecule has 9 heteroatoms. The molecule has 1 atom stereocenters. The lowest BCUT2D eigenvalue weighted by Crippen LogP contribution is -2.28. The number of hydrogen-bond acceptors (Lipinski definition) is 7. The van der Waals surface area contributed by atoms with Gasteiger partial charge in [-0.15, -0.1) is 10.2 Å². The Bertz CT molecular complexity index is 1040. The first-order chi connectivity index (χ1) is 14.6. The number of hydrogen-bond donors (Lipinski definition) is 1. The fraction of sp³-hybridized carbons (Fsp3) is 0.238. The molecule has 2 amide bonds. The van der Waals surface area contributed by atoms with Crippen molar-refractivity contribution >= 4 is 45.7 Å². The molecule has 2 heterocycles. The normalized spacial score (nSPS) is 16.0. The molecule has 7 nitrogen and oxygen atoms in total. The van der Waals surface area contributed by atoms with Crippen LogP contribution in [0.15, 0.2) is 58.9 Å². The second kappa shape index (κ2) is 9.27. The Morgan fingerprint density at radius 2 is 2.07 bits per heavy atom. The van der Waals surface area contributed by atoms with Crippen molar-refractivity contribution < 1.29 is 14.3 Å². The molecular formula is C21H20N4O3S2. The summed E-state index contributed by atoms with van der Waals surface area (Å²) in [6, 6.07) is 17.4. The summed E-state index contributed by atoms with van der Waals surface area (Å²) in [4.78, 5) is 26.7. The zero-order chi connectivity index (χ0) is 20.9. The first-order valence-electron chi connectivity index (χ1n) is 9.38. The summed E-state index contributed by atoms with van der Waals surface area (Å²) in [5.41, 5.74) is 1.93. The number of nitrogens with zero attached hydrogens (tertiary/aromatic N) is 3. The zero-order valence-corrected chi connectivity index (χ0v) is 17.9. The van der Waals surface area contributed by atoms with Crippen LogP contribution in [0.5, 0.6) is 5.75 Å². The van der Waals surface area contributed by atoms with Crippen molar-refractivity contribution in [3.05, 3.63) is 60.2 Å². The van der Waals surface area contributed by atoms with Crippen molar-refractivity contribution in [3.8, 4) is 5.75 Å². The molecule has 1 fully saturated rings. The summed E-state index contributed by atoms with van der Waals surface area (Å²) < 4.78 is 6.01. The second-order valence-corrected chi connectivity index (χ2v) is 8.94. The van der Waals surface area contributed by atoms with Crippen LogP contribution in [-0.4, -0.2) is 35.7 Å². The Morgan fingerprint density at radius 3 is 2.87 bits per heavy atom. The highest BCUT2D eigenvalue weighted by Gasteiger charge is 2.35. The molecule has 2 aromatic carbocycles. The number of amides is 2. The molecule has 1 aromatic heterocycles. The summed E-state index contributed by atoms with van der Waals surface area (Å²) >= 11 is 2.91. The maximum atomic E-state index is 12.7. The van der Waals surface area contributed by atoms with Gasteiger partial charge in [-0.1, -0.05) is 59.5 Å². The van der Waals surface area contributed by atoms with Crippen LogP contribution < -0.4 is 15.0 Å². The highest BCUT2D eigenvalue weighted by molar-refractivity contribution is 8.00. The lowest BCUT2D eigenvalue weighted by Gasteiger charge is -2.17. The number of methoxy groups -OCH3 is 1. The minimum absolute atomic E-state index is 0.0835. The van der Waals surface area contributed by atoms with Gasteiger partial charge in [0.05, 0.1) is 13.0 Å². The number of carbonyl (C=O) groups excluding carboxylic acids is 2. The van der Waals surface area contributed by atoms with Crippen molar-refractivity contribution in [3.63, 3.8) is 0 Å². The molecule has 1 N–H and O–H groups in total. The van der Waals surface area contributed by atoms with Gasteiger partial charge in [0.1, 0.15) is 5.75 Å². The van der Waals surface area contributed by atoms with E-state index in [1.165, 1.54) is 16.9 Å². The van der Waals surface area contributed by atoms with Gasteiger partial charge in [-0.05, 0) is 17.7 Å². The van der Waals surface area contributed by atoms with Crippen LogP contribution in [-0.2, 0) is 15.3 Å². The van der Waals surface area contributed by atoms with Gasteiger partial charge in [-0.3, -0.25) is 9.59 Å². The monoisotopic (exact) mass is 440 g/mol. The molecule has 0 unspecified atom stereocenters. The van der Waals surface area contributed by atoms with E-state index in [1.807, 2.05) is 36.4 Å². The summed E-state index contributed by atoms with van der Waals surface area (Å²) in [7, 11) is 1.58. The summed E-state index contributed by atoms with van der Waals surface area (Å²) in [5.74, 6) is 0.718. The van der Waals surface area contributed by atoms with E-state index >= 15 is 0 Å². The Hall–Kier alpha value is -2.91. The number of thioether (sulfide) groups is 1. The zero-order valence-electron chi connectivity index (χ0n) is 16.3. The number of aromatic nitrogens is 2. The van der Waals surface area contributed by atoms with Crippen molar-refractivity contribution in [2.45, 2.75) is 16.5 Å². The fourth-order valence-corrected chi connectivity index (χ4v) is 4.87. The second-order valence-electron chi connectivity index (χ2n) is 6.74. The molecule has 3 aromatic rings. The average Bonchev–Trinajstić information content (AvgIpc) is 3.39. The van der Waals surface area contributed by atoms with E-state index in [-0.39, 0.29) is 18.2 Å². The standard InChI is InChI=1S/C21H20N4O3S2/c1-28-17-9-5-8-16(11-17)25-12-15(10-18(25)26)19(27)22-20-23-24-21(30-20)29-13-14-6-3-2-4-7-14/h2-9,11,15H,10,12-13H2,1H3,(H,22,23,27)/t15-/m0/s1. The molecular weight excluding hydrogens is 420 g/mol. The number of rotatable bonds is 7. The Balaban J connectivity index is 1.34. The van der Waals surface area contributed by atoms with E-state index in [2.05, 4.69) is 27.6 Å². The highest BCUT2D eigenvalue weighted by Crippen LogP contribution is 2.31. The molecule has 30 heavy (non-hydrogen) atoms. The molecule has 1 aliphatic heterocycles. The molecule has 0 aliphatic carbocycles. The topological polar surface area (TPSA) is 84.4 Å². The van der Waals surface area contributed by atoms with Crippen molar-refractivity contribution in [2.75, 3.05) is 23.9 Å². The third-order valence-corrected chi connectivity index (χ3v) is 6.75. The molecule has 1 aliphatic rings. The first-order valence-corrected chi connectivity index (χ1v) is 11.2. The Kier molecular flexibility index (Phi) is 6.29. The third-order valence-electron chi connectivity index (χ3n) is 4.70. The van der Waals surface area contributed by atoms with Gasteiger partial charge >= 0.3 is 0 Å². The molecule has 0 spiro atoms. The van der Waals surface area contributed by atoms with Crippen molar-refractivity contribution in [1.29, 1.82) is 0 Å². The molecule has 154 valence electrons. The predicted octanol–water partition coefficient (Wildman–Crippen LogP) is 3.83. The minimum atomic E-state index is -0.437. The number of benzene rings is 2. The number of anilines is 2. The summed E-state index contributed by atoms with van der Waals surface area (Å²) in [6.07, 6.45) is 0.164. The van der Waals surface area contributed by atoms with Crippen LogP contribution in [0.2, 0.25) is 0 Å². The first kappa shape index (κ1) is 20.4. The van der Waals surface area contributed by atoms with Gasteiger partial charge < -0.3 is 15.0 Å². The molecule has 0 radical (unpaired) electrons. The molecule has 0 saturated carbocycles. The quantitative estimate of drug-likeness (QED) is 0.444. The number of nitrogens with one attached hydrogen (secondary N) is 1. The lowest BCUT2D eigenvalue weighted by molar-refractivity contribution is -0.122. The van der Waals surface area contributed by atoms with Gasteiger partial charge in [0, 0.05) is 30.5 Å². The van der Waals surface area contributed by atoms with E-state index in [9.17, 15) is 9.59 Å². The van der Waals surface area contributed by atoms with E-state index in [0.29, 0.717) is 17.4 Å². The van der Waals surface area contributed by atoms with Crippen molar-refractivity contribution in [1.82, 2.24) is 10.2 Å². The maximum Gasteiger partial charge on any atom is 0.231 e. The number of ether oxygens (including phenoxy) is 1. The summed E-state index contributed by atoms with van der Waals surface area (Å²) in [5, 5.41) is 11.4. The van der Waals surface area contributed by atoms with Gasteiger partial charge in [0.15, 0.2) is 4.34 Å². The Morgan fingerprint density at radius 1 is 1.23 bits per heavy atom. The predicted molar refractivity (Wildman–Crippen MR) is 118 cm³/mol. The van der Waals surface area contributed by atoms with E-state index in [4.69, 9.17) is 4.74 Å². The van der Waals surface area contributed by atoms with Crippen LogP contribution in [0.1, 0.15) is 12.0 Å². The van der Waals surface area contributed by atoms with Gasteiger partial charge in [0.2, 0.25) is 16.9 Å². The third kappa shape index (κ3) is 4.80. The highest BCUT2D eigenvalue weighted by atomic mass is 32.2. The van der Waals surface area contributed by atoms with Crippen LogP contribution in [0, 0.1) is 5.92 Å². The average molecular weight is 441 g/mol. The van der Waals surface area contributed by atoms with Crippen molar-refractivity contribution in [2.24, 2.45) is 5.92 Å². The van der Waals surface area contributed by atoms with Crippen LogP contribution in [0.3, 0.4) is 0 Å². The van der Waals surface area contributed by atoms with E-state index in [1.54, 1.807) is 29.8 Å². The Labute approximate surface area is 182 Å². The van der Waals surface area contributed by atoms with Gasteiger partial charge in [-0.25, -0.2) is 0 Å². The largest absolute Gasteiger partial charge is 0.497 e. The van der Waals surface area contributed by atoms with Crippen LogP contribution >= 0.6 is 23.1 Å². The smallest absolute Gasteiger partial charge is 0.231 e. The minimum Gasteiger partial charge on any atom is -0.497 e. The number of carbonyl (C=O) groups is 2. The molecule has 1 saturated heterocycles. The lowest BCUT2D eigenvalue weighted by atomic mass is 10.1. The van der Waals surface area contributed by atoms with Crippen LogP contribution in [0.25, 0.3) is 0 Å². The van der Waals surface area contributed by atoms with E-state index < -0.39 is 5.92 Å². The molecule has 4 rings (SSSR count). The summed E-state index contributed by atoms with van der Waals surface area (Å²) in [6.45, 7) is 0.326. The van der Waals surface area contributed by atoms with E-state index in [0.717, 1.165) is 15.8 Å². The van der Waals surface area contributed by atoms with Gasteiger partial charge in [-0.2, -0.15) is 0 Å². The van der Waals surface area contributed by atoms with Crippen LogP contribution in [0.4, 0.5) is 10.8 Å². The fourth-order valence-electron chi connectivity index (χ4n) is 3.16. The SMILES string of the molecule is COc1cccc(N2C[C@@H](C(=O)Nc3nnc(SCc4ccccc4)s3)CC2=O)c1. The maximum absolute atomic E-state index is 12.7. The van der Waals surface area contributed by atoms with Gasteiger partial charge in [0.25, 0.3) is 0 Å².